The van der Waals surface area contributed by atoms with Crippen molar-refractivity contribution >= 4 is 28.5 Å². The highest BCUT2D eigenvalue weighted by Crippen LogP contribution is 2.27. The Labute approximate surface area is 162 Å². The zero-order valence-electron chi connectivity index (χ0n) is 15.4. The van der Waals surface area contributed by atoms with Gasteiger partial charge in [0, 0.05) is 16.5 Å². The highest BCUT2D eigenvalue weighted by Gasteiger charge is 2.31. The Balaban J connectivity index is 1.70. The molecule has 0 atom stereocenters. The Kier molecular flexibility index (Phi) is 5.51. The lowest BCUT2D eigenvalue weighted by molar-refractivity contribution is -0.158. The van der Waals surface area contributed by atoms with Crippen molar-refractivity contribution < 1.29 is 19.0 Å². The minimum Gasteiger partial charge on any atom is -0.476 e. The molecular formula is C21H20ClNO4. The summed E-state index contributed by atoms with van der Waals surface area (Å²) in [6.45, 7) is 5.40. The van der Waals surface area contributed by atoms with Crippen LogP contribution in [0.25, 0.3) is 10.9 Å². The van der Waals surface area contributed by atoms with Gasteiger partial charge in [-0.15, -0.1) is 0 Å². The molecule has 0 fully saturated rings. The number of fused-ring (bicyclic) bond motifs is 1. The van der Waals surface area contributed by atoms with E-state index in [2.05, 4.69) is 4.98 Å². The number of benzene rings is 2. The van der Waals surface area contributed by atoms with Crippen LogP contribution in [0, 0.1) is 0 Å². The number of esters is 1. The van der Waals surface area contributed by atoms with E-state index < -0.39 is 11.6 Å². The third-order valence-electron chi connectivity index (χ3n) is 3.81. The van der Waals surface area contributed by atoms with Crippen LogP contribution >= 0.6 is 11.6 Å². The lowest BCUT2D eigenvalue weighted by atomic mass is 10.1. The first-order valence-electron chi connectivity index (χ1n) is 8.58. The van der Waals surface area contributed by atoms with Crippen molar-refractivity contribution in [3.8, 4) is 17.4 Å². The summed E-state index contributed by atoms with van der Waals surface area (Å²) in [5.41, 5.74) is -0.271. The molecule has 0 radical (unpaired) electrons. The molecule has 0 aliphatic carbocycles. The number of carbonyl (C=O) groups is 1. The van der Waals surface area contributed by atoms with Crippen LogP contribution < -0.4 is 9.47 Å². The summed E-state index contributed by atoms with van der Waals surface area (Å²) in [6.07, 6.45) is 0. The maximum atomic E-state index is 11.9. The number of ether oxygens (including phenoxy) is 3. The highest BCUT2D eigenvalue weighted by molar-refractivity contribution is 6.31. The van der Waals surface area contributed by atoms with Crippen LogP contribution in [-0.2, 0) is 9.53 Å². The third-order valence-corrected chi connectivity index (χ3v) is 4.05. The van der Waals surface area contributed by atoms with Crippen molar-refractivity contribution in [1.82, 2.24) is 4.98 Å². The van der Waals surface area contributed by atoms with E-state index in [4.69, 9.17) is 25.8 Å². The van der Waals surface area contributed by atoms with Crippen LogP contribution in [0.3, 0.4) is 0 Å². The Hall–Kier alpha value is -2.79. The van der Waals surface area contributed by atoms with Gasteiger partial charge in [0.1, 0.15) is 11.5 Å². The van der Waals surface area contributed by atoms with Crippen molar-refractivity contribution in [3.05, 3.63) is 59.6 Å². The van der Waals surface area contributed by atoms with Gasteiger partial charge in [0.05, 0.1) is 12.1 Å². The fraction of sp³-hybridized carbons (Fsp3) is 0.238. The maximum Gasteiger partial charge on any atom is 0.349 e. The van der Waals surface area contributed by atoms with E-state index in [0.717, 1.165) is 10.9 Å². The molecule has 5 nitrogen and oxygen atoms in total. The molecule has 0 bridgehead atoms. The van der Waals surface area contributed by atoms with Crippen molar-refractivity contribution in [3.63, 3.8) is 0 Å². The van der Waals surface area contributed by atoms with Gasteiger partial charge in [-0.05, 0) is 69.3 Å². The van der Waals surface area contributed by atoms with Gasteiger partial charge in [-0.2, -0.15) is 0 Å². The second kappa shape index (κ2) is 7.84. The van der Waals surface area contributed by atoms with Gasteiger partial charge in [-0.3, -0.25) is 0 Å². The average Bonchev–Trinajstić information content (AvgIpc) is 2.63. The number of hydrogen-bond donors (Lipinski definition) is 0. The van der Waals surface area contributed by atoms with Crippen LogP contribution in [0.15, 0.2) is 54.6 Å². The Morgan fingerprint density at radius 2 is 1.74 bits per heavy atom. The predicted octanol–water partition coefficient (Wildman–Crippen LogP) is 5.40. The zero-order chi connectivity index (χ0) is 19.4. The number of halogens is 1. The summed E-state index contributed by atoms with van der Waals surface area (Å²) in [6, 6.07) is 16.2. The minimum absolute atomic E-state index is 0.309. The van der Waals surface area contributed by atoms with E-state index in [9.17, 15) is 4.79 Å². The molecule has 27 heavy (non-hydrogen) atoms. The number of pyridine rings is 1. The molecule has 0 saturated carbocycles. The highest BCUT2D eigenvalue weighted by atomic mass is 35.5. The molecule has 2 aromatic carbocycles. The number of rotatable bonds is 6. The van der Waals surface area contributed by atoms with Gasteiger partial charge in [0.25, 0.3) is 0 Å². The summed E-state index contributed by atoms with van der Waals surface area (Å²) in [5.74, 6) is 1.22. The van der Waals surface area contributed by atoms with Crippen LogP contribution in [0.5, 0.6) is 17.4 Å². The summed E-state index contributed by atoms with van der Waals surface area (Å²) >= 11 is 5.99. The zero-order valence-corrected chi connectivity index (χ0v) is 16.1. The third kappa shape index (κ3) is 4.68. The second-order valence-corrected chi connectivity index (χ2v) is 6.83. The van der Waals surface area contributed by atoms with Crippen molar-refractivity contribution in [2.75, 3.05) is 6.61 Å². The van der Waals surface area contributed by atoms with Crippen LogP contribution in [0.4, 0.5) is 0 Å². The van der Waals surface area contributed by atoms with E-state index in [1.807, 2.05) is 18.2 Å². The molecule has 0 aliphatic heterocycles. The lowest BCUT2D eigenvalue weighted by Crippen LogP contribution is -2.39. The summed E-state index contributed by atoms with van der Waals surface area (Å²) in [5, 5.41) is 1.61. The first-order chi connectivity index (χ1) is 12.9. The summed E-state index contributed by atoms with van der Waals surface area (Å²) in [7, 11) is 0. The topological polar surface area (TPSA) is 57.7 Å². The van der Waals surface area contributed by atoms with Crippen molar-refractivity contribution in [2.45, 2.75) is 26.4 Å². The molecule has 3 aromatic rings. The summed E-state index contributed by atoms with van der Waals surface area (Å²) < 4.78 is 16.5. The Bertz CT molecular complexity index is 954. The van der Waals surface area contributed by atoms with Gasteiger partial charge < -0.3 is 14.2 Å². The largest absolute Gasteiger partial charge is 0.476 e. The maximum absolute atomic E-state index is 11.9. The number of aromatic nitrogens is 1. The Morgan fingerprint density at radius 3 is 2.44 bits per heavy atom. The van der Waals surface area contributed by atoms with Crippen molar-refractivity contribution in [1.29, 1.82) is 0 Å². The monoisotopic (exact) mass is 385 g/mol. The normalized spacial score (nSPS) is 11.3. The van der Waals surface area contributed by atoms with Crippen molar-refractivity contribution in [2.24, 2.45) is 0 Å². The number of hydrogen-bond acceptors (Lipinski definition) is 5. The standard InChI is InChI=1S/C21H20ClNO4/c1-4-25-20(24)21(2,3)27-17-9-7-16(8-10-17)26-19-12-5-14-13-15(22)6-11-18(14)23-19/h5-13H,4H2,1-3H3. The molecule has 1 heterocycles. The SMILES string of the molecule is CCOC(=O)C(C)(C)Oc1ccc(Oc2ccc3cc(Cl)ccc3n2)cc1. The minimum atomic E-state index is -1.07. The summed E-state index contributed by atoms with van der Waals surface area (Å²) in [4.78, 5) is 16.4. The molecule has 0 saturated heterocycles. The van der Waals surface area contributed by atoms with Gasteiger partial charge >= 0.3 is 5.97 Å². The predicted molar refractivity (Wildman–Crippen MR) is 105 cm³/mol. The quantitative estimate of drug-likeness (QED) is 0.531. The fourth-order valence-electron chi connectivity index (χ4n) is 2.47. The molecule has 1 aromatic heterocycles. The number of carbonyl (C=O) groups excluding carboxylic acids is 1. The fourth-order valence-corrected chi connectivity index (χ4v) is 2.65. The first-order valence-corrected chi connectivity index (χ1v) is 8.95. The van der Waals surface area contributed by atoms with E-state index in [0.29, 0.717) is 29.0 Å². The van der Waals surface area contributed by atoms with Crippen LogP contribution in [0.1, 0.15) is 20.8 Å². The van der Waals surface area contributed by atoms with E-state index in [1.165, 1.54) is 0 Å². The van der Waals surface area contributed by atoms with Gasteiger partial charge in [-0.25, -0.2) is 9.78 Å². The molecular weight excluding hydrogens is 366 g/mol. The first kappa shape index (κ1) is 19.0. The molecule has 0 spiro atoms. The lowest BCUT2D eigenvalue weighted by Gasteiger charge is -2.24. The van der Waals surface area contributed by atoms with Crippen LogP contribution in [-0.4, -0.2) is 23.2 Å². The van der Waals surface area contributed by atoms with E-state index in [-0.39, 0.29) is 0 Å². The van der Waals surface area contributed by atoms with E-state index >= 15 is 0 Å². The molecule has 6 heteroatoms. The molecule has 0 N–H and O–H groups in total. The Morgan fingerprint density at radius 1 is 1.04 bits per heavy atom. The van der Waals surface area contributed by atoms with Gasteiger partial charge in [0.2, 0.25) is 5.88 Å². The number of nitrogens with zero attached hydrogens (tertiary/aromatic N) is 1. The molecule has 0 amide bonds. The van der Waals surface area contributed by atoms with Gasteiger partial charge in [0.15, 0.2) is 5.60 Å². The van der Waals surface area contributed by atoms with Gasteiger partial charge in [-0.1, -0.05) is 11.6 Å². The molecule has 0 aliphatic rings. The average molecular weight is 386 g/mol. The van der Waals surface area contributed by atoms with Crippen LogP contribution in [0.2, 0.25) is 5.02 Å². The second-order valence-electron chi connectivity index (χ2n) is 6.39. The van der Waals surface area contributed by atoms with E-state index in [1.54, 1.807) is 57.2 Å². The smallest absolute Gasteiger partial charge is 0.349 e. The molecule has 0 unspecified atom stereocenters. The molecule has 140 valence electrons. The molecule has 3 rings (SSSR count).